The van der Waals surface area contributed by atoms with Gasteiger partial charge in [0, 0.05) is 11.1 Å². The van der Waals surface area contributed by atoms with Crippen LogP contribution in [0, 0.1) is 35.3 Å². The van der Waals surface area contributed by atoms with Gasteiger partial charge in [-0.15, -0.1) is 0 Å². The fourth-order valence-corrected chi connectivity index (χ4v) is 6.92. The van der Waals surface area contributed by atoms with Gasteiger partial charge in [-0.25, -0.2) is 18.4 Å². The molecular formula is C36H52F2O5. The number of esters is 2. The number of hydrogen-bond donors (Lipinski definition) is 1. The van der Waals surface area contributed by atoms with Crippen molar-refractivity contribution >= 4 is 11.9 Å². The summed E-state index contributed by atoms with van der Waals surface area (Å²) in [5.74, 6) is -1.28. The maximum Gasteiger partial charge on any atom is 0.335 e. The van der Waals surface area contributed by atoms with Gasteiger partial charge in [-0.2, -0.15) is 0 Å². The second kappa shape index (κ2) is 17.7. The molecule has 43 heavy (non-hydrogen) atoms. The lowest BCUT2D eigenvalue weighted by molar-refractivity contribution is -0.142. The van der Waals surface area contributed by atoms with Crippen LogP contribution in [0.3, 0.4) is 0 Å². The third-order valence-electron chi connectivity index (χ3n) is 9.78. The van der Waals surface area contributed by atoms with Gasteiger partial charge in [0.25, 0.3) is 0 Å². The summed E-state index contributed by atoms with van der Waals surface area (Å²) in [6, 6.07) is 3.07. The number of aliphatic hydroxyl groups is 1. The highest BCUT2D eigenvalue weighted by atomic mass is 19.2. The van der Waals surface area contributed by atoms with Gasteiger partial charge in [-0.3, -0.25) is 0 Å². The largest absolute Gasteiger partial charge is 0.462 e. The van der Waals surface area contributed by atoms with E-state index in [4.69, 9.17) is 14.6 Å². The average Bonchev–Trinajstić information content (AvgIpc) is 3.02. The van der Waals surface area contributed by atoms with Crippen molar-refractivity contribution in [2.75, 3.05) is 19.8 Å². The van der Waals surface area contributed by atoms with Crippen LogP contribution in [-0.4, -0.2) is 36.9 Å². The summed E-state index contributed by atoms with van der Waals surface area (Å²) in [7, 11) is 0. The van der Waals surface area contributed by atoms with Crippen LogP contribution < -0.4 is 0 Å². The van der Waals surface area contributed by atoms with E-state index in [9.17, 15) is 9.59 Å². The third-order valence-corrected chi connectivity index (χ3v) is 9.78. The first-order valence-electron chi connectivity index (χ1n) is 16.4. The van der Waals surface area contributed by atoms with Gasteiger partial charge < -0.3 is 14.6 Å². The predicted octanol–water partition coefficient (Wildman–Crippen LogP) is 8.39. The lowest BCUT2D eigenvalue weighted by atomic mass is 9.68. The van der Waals surface area contributed by atoms with Crippen molar-refractivity contribution in [2.45, 2.75) is 110 Å². The molecule has 1 aromatic rings. The number of ether oxygens (including phenoxy) is 2. The zero-order valence-corrected chi connectivity index (χ0v) is 26.3. The molecule has 3 rings (SSSR count). The van der Waals surface area contributed by atoms with E-state index in [1.54, 1.807) is 6.07 Å². The van der Waals surface area contributed by atoms with Gasteiger partial charge in [-0.05, 0) is 74.7 Å². The van der Waals surface area contributed by atoms with E-state index < -0.39 is 36.1 Å². The highest BCUT2D eigenvalue weighted by Gasteiger charge is 2.31. The van der Waals surface area contributed by atoms with Gasteiger partial charge in [-0.1, -0.05) is 83.6 Å². The molecule has 0 heterocycles. The number of rotatable bonds is 16. The quantitative estimate of drug-likeness (QED) is 0.117. The van der Waals surface area contributed by atoms with Crippen LogP contribution in [0.4, 0.5) is 8.78 Å². The zero-order chi connectivity index (χ0) is 31.4. The van der Waals surface area contributed by atoms with Gasteiger partial charge in [0.05, 0.1) is 18.1 Å². The van der Waals surface area contributed by atoms with Gasteiger partial charge in [0.1, 0.15) is 13.2 Å². The predicted molar refractivity (Wildman–Crippen MR) is 165 cm³/mol. The highest BCUT2D eigenvalue weighted by Crippen LogP contribution is 2.43. The number of halogens is 2. The second-order valence-electron chi connectivity index (χ2n) is 13.0. The first-order chi connectivity index (χ1) is 20.6. The molecule has 1 N–H and O–H groups in total. The molecule has 0 aliphatic heterocycles. The van der Waals surface area contributed by atoms with Gasteiger partial charge >= 0.3 is 11.9 Å². The molecule has 2 fully saturated rings. The van der Waals surface area contributed by atoms with E-state index in [2.05, 4.69) is 20.1 Å². The molecule has 0 radical (unpaired) electrons. The second-order valence-corrected chi connectivity index (χ2v) is 13.0. The first kappa shape index (κ1) is 34.9. The zero-order valence-electron chi connectivity index (χ0n) is 26.3. The van der Waals surface area contributed by atoms with E-state index in [1.807, 2.05) is 0 Å². The van der Waals surface area contributed by atoms with E-state index in [0.29, 0.717) is 17.9 Å². The van der Waals surface area contributed by atoms with Crippen molar-refractivity contribution in [3.63, 3.8) is 0 Å². The van der Waals surface area contributed by atoms with Crippen molar-refractivity contribution in [1.82, 2.24) is 0 Å². The van der Waals surface area contributed by atoms with Crippen molar-refractivity contribution in [3.8, 4) is 0 Å². The third kappa shape index (κ3) is 10.5. The number of benzene rings is 1. The van der Waals surface area contributed by atoms with Gasteiger partial charge in [0.2, 0.25) is 0 Å². The molecule has 1 unspecified atom stereocenters. The van der Waals surface area contributed by atoms with Crippen LogP contribution >= 0.6 is 0 Å². The molecule has 0 amide bonds. The minimum absolute atomic E-state index is 0.0428. The van der Waals surface area contributed by atoms with Crippen LogP contribution in [0.15, 0.2) is 36.4 Å². The molecule has 1 atom stereocenters. The molecule has 240 valence electrons. The minimum Gasteiger partial charge on any atom is -0.462 e. The fourth-order valence-electron chi connectivity index (χ4n) is 6.92. The summed E-state index contributed by atoms with van der Waals surface area (Å²) in [5, 5.41) is 9.10. The summed E-state index contributed by atoms with van der Waals surface area (Å²) in [6.45, 7) is 9.39. The van der Waals surface area contributed by atoms with E-state index >= 15 is 8.78 Å². The molecule has 0 bridgehead atoms. The summed E-state index contributed by atoms with van der Waals surface area (Å²) in [6.07, 6.45) is 17.1. The summed E-state index contributed by atoms with van der Waals surface area (Å²) >= 11 is 0. The Morgan fingerprint density at radius 1 is 0.860 bits per heavy atom. The Labute approximate surface area is 257 Å². The topological polar surface area (TPSA) is 72.8 Å². The van der Waals surface area contributed by atoms with Crippen LogP contribution in [0.1, 0.15) is 114 Å². The van der Waals surface area contributed by atoms with Gasteiger partial charge in [0.15, 0.2) is 11.6 Å². The van der Waals surface area contributed by atoms with Crippen molar-refractivity contribution in [1.29, 1.82) is 0 Å². The molecule has 2 saturated carbocycles. The molecule has 2 aliphatic rings. The molecule has 1 aromatic carbocycles. The van der Waals surface area contributed by atoms with E-state index in [-0.39, 0.29) is 29.9 Å². The Morgan fingerprint density at radius 3 is 1.95 bits per heavy atom. The maximum atomic E-state index is 15.4. The molecule has 0 spiro atoms. The molecule has 5 nitrogen and oxygen atoms in total. The summed E-state index contributed by atoms with van der Waals surface area (Å²) in [4.78, 5) is 23.9. The number of aryl methyl sites for hydroxylation is 1. The Balaban J connectivity index is 1.53. The Kier molecular flexibility index (Phi) is 14.4. The number of carbonyl (C=O) groups is 2. The number of carbonyl (C=O) groups excluding carboxylic acids is 2. The SMILES string of the molecule is C=C(C)C(=O)OCC(COC(=O)C(=C)CO)c1ccc(CCC2CCC(C3CCC(CCCCC)CC3)CC2)c(F)c1F. The smallest absolute Gasteiger partial charge is 0.335 e. The number of aliphatic hydroxyl groups excluding tert-OH is 1. The molecular weight excluding hydrogens is 550 g/mol. The van der Waals surface area contributed by atoms with E-state index in [1.165, 1.54) is 77.2 Å². The molecule has 2 aliphatic carbocycles. The fraction of sp³-hybridized carbons (Fsp3) is 0.667. The highest BCUT2D eigenvalue weighted by molar-refractivity contribution is 5.88. The Hall–Kier alpha value is -2.54. The Morgan fingerprint density at radius 2 is 1.42 bits per heavy atom. The monoisotopic (exact) mass is 602 g/mol. The first-order valence-corrected chi connectivity index (χ1v) is 16.4. The minimum atomic E-state index is -1.03. The normalized spacial score (nSPS) is 22.9. The van der Waals surface area contributed by atoms with Crippen molar-refractivity contribution < 1.29 is 33.0 Å². The average molecular weight is 603 g/mol. The summed E-state index contributed by atoms with van der Waals surface area (Å²) in [5.41, 5.74) is 0.274. The number of hydrogen-bond acceptors (Lipinski definition) is 5. The molecule has 0 aromatic heterocycles. The van der Waals surface area contributed by atoms with Crippen LogP contribution in [-0.2, 0) is 25.5 Å². The lowest BCUT2D eigenvalue weighted by Gasteiger charge is -2.38. The molecule has 0 saturated heterocycles. The standard InChI is InChI=1S/C36H52F2O5/c1-5-6-7-8-26-9-14-28(15-10-26)29-16-11-27(12-17-29)13-18-30-19-20-32(34(38)33(30)37)31(22-42-35(40)24(2)3)23-43-36(41)25(4)21-39/h19-20,26-29,31,39H,2,4-18,21-23H2,1,3H3. The summed E-state index contributed by atoms with van der Waals surface area (Å²) < 4.78 is 40.9. The Bertz CT molecular complexity index is 1080. The van der Waals surface area contributed by atoms with Crippen molar-refractivity contribution in [2.24, 2.45) is 23.7 Å². The number of unbranched alkanes of at least 4 members (excludes halogenated alkanes) is 2. The maximum absolute atomic E-state index is 15.4. The lowest BCUT2D eigenvalue weighted by Crippen LogP contribution is -2.26. The van der Waals surface area contributed by atoms with Crippen LogP contribution in [0.2, 0.25) is 0 Å². The van der Waals surface area contributed by atoms with Crippen molar-refractivity contribution in [3.05, 3.63) is 59.2 Å². The van der Waals surface area contributed by atoms with Crippen LogP contribution in [0.25, 0.3) is 0 Å². The van der Waals surface area contributed by atoms with Crippen LogP contribution in [0.5, 0.6) is 0 Å². The van der Waals surface area contributed by atoms with E-state index in [0.717, 1.165) is 37.0 Å². The molecule has 7 heteroatoms.